The molecule has 0 aliphatic heterocycles. The molecule has 146 valence electrons. The summed E-state index contributed by atoms with van der Waals surface area (Å²) in [4.78, 5) is 55.9. The molecule has 0 unspecified atom stereocenters. The van der Waals surface area contributed by atoms with E-state index in [4.69, 9.17) is 59.4 Å². The van der Waals surface area contributed by atoms with Gasteiger partial charge < -0.3 is 64.3 Å². The standard InChI is InChI=1S/C6H15N.3C2H2O4.2B/c1-4-7(5-2)6-3;3*3-1(4)2(5)6;;/h4-6H2,1-3H3;3*(H,3,4)(H,5,6);;/q;;;;2*+3/p-6. The third-order valence-corrected chi connectivity index (χ3v) is 1.84. The maximum absolute atomic E-state index is 8.93. The summed E-state index contributed by atoms with van der Waals surface area (Å²) in [6.45, 7) is 10.1. The van der Waals surface area contributed by atoms with Crippen molar-refractivity contribution in [2.24, 2.45) is 0 Å². The van der Waals surface area contributed by atoms with Gasteiger partial charge in [-0.05, 0) is 19.6 Å². The van der Waals surface area contributed by atoms with Gasteiger partial charge in [-0.1, -0.05) is 20.8 Å². The second-order valence-corrected chi connectivity index (χ2v) is 3.34. The summed E-state index contributed by atoms with van der Waals surface area (Å²) in [5.41, 5.74) is 0. The summed E-state index contributed by atoms with van der Waals surface area (Å²) in [7, 11) is 0. The average Bonchev–Trinajstić information content (AvgIpc) is 2.50. The molecule has 0 N–H and O–H groups in total. The van der Waals surface area contributed by atoms with E-state index in [9.17, 15) is 0 Å². The molecular weight excluding hydrogens is 372 g/mol. The monoisotopic (exact) mass is 387 g/mol. The topological polar surface area (TPSA) is 244 Å². The smallest absolute Gasteiger partial charge is 0.543 e. The van der Waals surface area contributed by atoms with Crippen LogP contribution in [0.2, 0.25) is 0 Å². The maximum Gasteiger partial charge on any atom is 3.00 e. The van der Waals surface area contributed by atoms with E-state index in [1.807, 2.05) is 0 Å². The molecule has 0 aliphatic rings. The van der Waals surface area contributed by atoms with E-state index in [1.165, 1.54) is 19.6 Å². The van der Waals surface area contributed by atoms with Crippen molar-refractivity contribution in [3.8, 4) is 0 Å². The van der Waals surface area contributed by atoms with Crippen LogP contribution in [0.5, 0.6) is 0 Å². The van der Waals surface area contributed by atoms with Crippen LogP contribution in [-0.2, 0) is 28.8 Å². The van der Waals surface area contributed by atoms with Crippen LogP contribution in [0.25, 0.3) is 0 Å². The van der Waals surface area contributed by atoms with Crippen LogP contribution >= 0.6 is 0 Å². The Morgan fingerprint density at radius 3 is 0.593 bits per heavy atom. The molecule has 0 fully saturated rings. The van der Waals surface area contributed by atoms with Crippen molar-refractivity contribution in [3.05, 3.63) is 0 Å². The molecule has 0 atom stereocenters. The van der Waals surface area contributed by atoms with E-state index >= 15 is 0 Å². The van der Waals surface area contributed by atoms with Crippen LogP contribution in [0.3, 0.4) is 0 Å². The van der Waals surface area contributed by atoms with Crippen molar-refractivity contribution in [3.63, 3.8) is 0 Å². The van der Waals surface area contributed by atoms with E-state index in [-0.39, 0.29) is 16.8 Å². The van der Waals surface area contributed by atoms with Gasteiger partial charge in [0.25, 0.3) is 0 Å². The Balaban J connectivity index is -0.0000000532. The van der Waals surface area contributed by atoms with E-state index in [0.717, 1.165) is 0 Å². The van der Waals surface area contributed by atoms with Crippen molar-refractivity contribution in [1.82, 2.24) is 4.90 Å². The molecule has 0 bridgehead atoms. The predicted molar refractivity (Wildman–Crippen MR) is 75.0 cm³/mol. The molecule has 0 aromatic rings. The average molecular weight is 387 g/mol. The molecule has 0 radical (unpaired) electrons. The van der Waals surface area contributed by atoms with Crippen molar-refractivity contribution < 1.29 is 59.4 Å². The van der Waals surface area contributed by atoms with E-state index in [1.54, 1.807) is 0 Å². The van der Waals surface area contributed by atoms with Gasteiger partial charge in [-0.25, -0.2) is 0 Å². The zero-order valence-electron chi connectivity index (χ0n) is 14.6. The summed E-state index contributed by atoms with van der Waals surface area (Å²) >= 11 is 0. The van der Waals surface area contributed by atoms with Crippen LogP contribution in [-0.4, -0.2) is 77.2 Å². The zero-order chi connectivity index (χ0) is 21.2. The summed E-state index contributed by atoms with van der Waals surface area (Å²) < 4.78 is 0. The number of hydrogen-bond donors (Lipinski definition) is 0. The number of carboxylic acids is 6. The number of rotatable bonds is 3. The first kappa shape index (κ1) is 39.1. The van der Waals surface area contributed by atoms with Crippen molar-refractivity contribution in [2.75, 3.05) is 19.6 Å². The molecule has 0 amide bonds. The first-order chi connectivity index (χ1) is 11.3. The van der Waals surface area contributed by atoms with Crippen molar-refractivity contribution in [2.45, 2.75) is 20.8 Å². The normalized spacial score (nSPS) is 7.56. The third kappa shape index (κ3) is 45.1. The Bertz CT molecular complexity index is 367. The molecule has 0 aromatic carbocycles. The first-order valence-corrected chi connectivity index (χ1v) is 6.27. The first-order valence-electron chi connectivity index (χ1n) is 6.27. The molecule has 15 heteroatoms. The van der Waals surface area contributed by atoms with Gasteiger partial charge in [0, 0.05) is 0 Å². The van der Waals surface area contributed by atoms with E-state index in [2.05, 4.69) is 25.7 Å². The van der Waals surface area contributed by atoms with E-state index < -0.39 is 35.8 Å². The Kier molecular flexibility index (Phi) is 36.4. The molecule has 0 aromatic heterocycles. The number of carbonyl (C=O) groups excluding carboxylic acids is 6. The molecule has 0 spiro atoms. The molecule has 0 saturated carbocycles. The Hall–Kier alpha value is -3.09. The molecule has 0 heterocycles. The zero-order valence-corrected chi connectivity index (χ0v) is 14.6. The van der Waals surface area contributed by atoms with Gasteiger partial charge in [0.15, 0.2) is 0 Å². The van der Waals surface area contributed by atoms with Crippen LogP contribution in [0, 0.1) is 0 Å². The Morgan fingerprint density at radius 2 is 0.593 bits per heavy atom. The molecule has 13 nitrogen and oxygen atoms in total. The van der Waals surface area contributed by atoms with Gasteiger partial charge in [0.1, 0.15) is 0 Å². The van der Waals surface area contributed by atoms with Crippen LogP contribution in [0.15, 0.2) is 0 Å². The summed E-state index contributed by atoms with van der Waals surface area (Å²) in [5.74, 6) is -13.1. The number of carboxylic acid groups (broad SMARTS) is 6. The van der Waals surface area contributed by atoms with Crippen molar-refractivity contribution >= 4 is 52.6 Å². The molecule has 27 heavy (non-hydrogen) atoms. The summed E-state index contributed by atoms with van der Waals surface area (Å²) in [6.07, 6.45) is 0. The largest absolute Gasteiger partial charge is 3.00 e. The minimum absolute atomic E-state index is 0. The number of carbonyl (C=O) groups is 6. The molecule has 0 rings (SSSR count). The molecular formula is C12H15B2NO12. The summed E-state index contributed by atoms with van der Waals surface area (Å²) in [6, 6.07) is 0. The van der Waals surface area contributed by atoms with Crippen molar-refractivity contribution in [1.29, 1.82) is 0 Å². The van der Waals surface area contributed by atoms with Gasteiger partial charge in [-0.3, -0.25) is 0 Å². The second-order valence-electron chi connectivity index (χ2n) is 3.34. The van der Waals surface area contributed by atoms with Gasteiger partial charge in [0.05, 0.1) is 35.8 Å². The number of nitrogens with zero attached hydrogens (tertiary/aromatic N) is 1. The number of hydrogen-bond acceptors (Lipinski definition) is 13. The van der Waals surface area contributed by atoms with Gasteiger partial charge >= 0.3 is 16.8 Å². The quantitative estimate of drug-likeness (QED) is 0.323. The van der Waals surface area contributed by atoms with Gasteiger partial charge in [0.2, 0.25) is 0 Å². The molecule has 0 saturated heterocycles. The Labute approximate surface area is 158 Å². The van der Waals surface area contributed by atoms with E-state index in [0.29, 0.717) is 0 Å². The fraction of sp³-hybridized carbons (Fsp3) is 0.500. The van der Waals surface area contributed by atoms with Gasteiger partial charge in [-0.15, -0.1) is 0 Å². The van der Waals surface area contributed by atoms with Gasteiger partial charge in [-0.2, -0.15) is 0 Å². The molecule has 0 aliphatic carbocycles. The maximum atomic E-state index is 8.93. The SMILES string of the molecule is CCN(CC)CC.O=C([O-])C(=O)[O-].O=C([O-])C(=O)[O-].O=C([O-])C(=O)[O-].[B+3].[B+3]. The van der Waals surface area contributed by atoms with Crippen LogP contribution < -0.4 is 30.6 Å². The third-order valence-electron chi connectivity index (χ3n) is 1.84. The predicted octanol–water partition coefficient (Wildman–Crippen LogP) is -9.95. The van der Waals surface area contributed by atoms with Crippen LogP contribution in [0.4, 0.5) is 0 Å². The Morgan fingerprint density at radius 1 is 0.481 bits per heavy atom. The minimum atomic E-state index is -2.19. The summed E-state index contributed by atoms with van der Waals surface area (Å²) in [5, 5.41) is 53.6. The van der Waals surface area contributed by atoms with Crippen LogP contribution in [0.1, 0.15) is 20.8 Å². The number of aliphatic carboxylic acids is 6. The minimum Gasteiger partial charge on any atom is -0.543 e. The fourth-order valence-corrected chi connectivity index (χ4v) is 0.671. The second kappa shape index (κ2) is 25.2. The fourth-order valence-electron chi connectivity index (χ4n) is 0.671.